The summed E-state index contributed by atoms with van der Waals surface area (Å²) < 4.78 is 16.2. The van der Waals surface area contributed by atoms with E-state index in [0.29, 0.717) is 17.6 Å². The third-order valence-corrected chi connectivity index (χ3v) is 6.17. The van der Waals surface area contributed by atoms with Crippen LogP contribution in [0.4, 0.5) is 10.1 Å². The Bertz CT molecular complexity index is 746. The highest BCUT2D eigenvalue weighted by molar-refractivity contribution is 5.47. The fourth-order valence-corrected chi connectivity index (χ4v) is 4.82. The molecular weight excluding hydrogens is 343 g/mol. The summed E-state index contributed by atoms with van der Waals surface area (Å²) in [5.41, 5.74) is 0.716. The van der Waals surface area contributed by atoms with E-state index in [1.807, 2.05) is 12.1 Å². The molecule has 0 unspecified atom stereocenters. The van der Waals surface area contributed by atoms with Gasteiger partial charge >= 0.3 is 0 Å². The molecule has 1 aromatic heterocycles. The lowest BCUT2D eigenvalue weighted by Gasteiger charge is -2.38. The molecule has 0 spiro atoms. The Hall–Kier alpha value is -2.02. The normalized spacial score (nSPS) is 20.5. The minimum Gasteiger partial charge on any atom is -0.358 e. The number of piperazine rings is 1. The first-order chi connectivity index (χ1) is 13.1. The van der Waals surface area contributed by atoms with Gasteiger partial charge in [0.2, 0.25) is 5.82 Å². The number of rotatable bonds is 5. The maximum absolute atomic E-state index is 14.1. The maximum atomic E-state index is 14.1. The fourth-order valence-electron chi connectivity index (χ4n) is 4.82. The summed E-state index contributed by atoms with van der Waals surface area (Å²) in [7, 11) is 0. The summed E-state index contributed by atoms with van der Waals surface area (Å²) in [4.78, 5) is 3.67. The van der Waals surface area contributed by atoms with Gasteiger partial charge in [-0.3, -0.25) is 0 Å². The van der Waals surface area contributed by atoms with Crippen molar-refractivity contribution in [2.24, 2.45) is 5.92 Å². The molecule has 1 N–H and O–H groups in total. The Labute approximate surface area is 160 Å². The molecule has 1 saturated carbocycles. The Balaban J connectivity index is 1.50. The number of para-hydroxylation sites is 1. The van der Waals surface area contributed by atoms with Crippen LogP contribution in [0.1, 0.15) is 57.4 Å². The largest absolute Gasteiger partial charge is 0.358 e. The van der Waals surface area contributed by atoms with E-state index in [1.54, 1.807) is 12.1 Å². The standard InChI is InChI=1S/C20H29FN6/c1-15(2)19(20-22-23-24-27(20)16-7-3-4-8-16)26-13-11-25(12-14-26)18-10-6-5-9-17(18)21/h5-6,9-10,15-16,19H,3-4,7-8,11-14H2,1-2H3/p+1/t19-/m1/s1. The van der Waals surface area contributed by atoms with E-state index in [0.717, 1.165) is 32.0 Å². The number of hydrogen-bond donors (Lipinski definition) is 1. The summed E-state index contributed by atoms with van der Waals surface area (Å²) >= 11 is 0. The molecule has 1 atom stereocenters. The fraction of sp³-hybridized carbons (Fsp3) is 0.650. The van der Waals surface area contributed by atoms with Crippen molar-refractivity contribution in [1.82, 2.24) is 20.2 Å². The highest BCUT2D eigenvalue weighted by Crippen LogP contribution is 2.31. The number of anilines is 1. The van der Waals surface area contributed by atoms with Gasteiger partial charge in [0.15, 0.2) is 6.04 Å². The lowest BCUT2D eigenvalue weighted by Crippen LogP contribution is -3.15. The summed E-state index contributed by atoms with van der Waals surface area (Å²) in [6, 6.07) is 7.81. The van der Waals surface area contributed by atoms with Gasteiger partial charge in [0.1, 0.15) is 5.82 Å². The zero-order valence-electron chi connectivity index (χ0n) is 16.3. The number of nitrogens with zero attached hydrogens (tertiary/aromatic N) is 5. The molecule has 2 heterocycles. The second-order valence-corrected chi connectivity index (χ2v) is 8.24. The lowest BCUT2D eigenvalue weighted by molar-refractivity contribution is -0.937. The molecule has 1 saturated heterocycles. The number of tetrazole rings is 1. The molecule has 2 aliphatic rings. The molecule has 6 nitrogen and oxygen atoms in total. The molecule has 0 radical (unpaired) electrons. The quantitative estimate of drug-likeness (QED) is 0.871. The SMILES string of the molecule is CC(C)[C@H](c1nnnn1C1CCCC1)[NH+]1CCN(c2ccccc2F)CC1. The number of nitrogens with one attached hydrogen (secondary N) is 1. The Morgan fingerprint density at radius 2 is 1.81 bits per heavy atom. The molecule has 1 aliphatic heterocycles. The molecular formula is C20H30FN6+. The van der Waals surface area contributed by atoms with E-state index in [-0.39, 0.29) is 11.9 Å². The molecule has 2 fully saturated rings. The lowest BCUT2D eigenvalue weighted by atomic mass is 10.00. The summed E-state index contributed by atoms with van der Waals surface area (Å²) in [6.45, 7) is 8.15. The van der Waals surface area contributed by atoms with E-state index in [2.05, 4.69) is 39.0 Å². The van der Waals surface area contributed by atoms with Gasteiger partial charge in [0.25, 0.3) is 0 Å². The number of halogens is 1. The molecule has 1 aromatic carbocycles. The number of aromatic nitrogens is 4. The monoisotopic (exact) mass is 373 g/mol. The molecule has 0 amide bonds. The van der Waals surface area contributed by atoms with Crippen LogP contribution in [-0.4, -0.2) is 46.4 Å². The van der Waals surface area contributed by atoms with Crippen LogP contribution in [0.3, 0.4) is 0 Å². The maximum Gasteiger partial charge on any atom is 0.209 e. The summed E-state index contributed by atoms with van der Waals surface area (Å²) in [6.07, 6.45) is 4.90. The zero-order chi connectivity index (χ0) is 18.8. The van der Waals surface area contributed by atoms with Gasteiger partial charge in [-0.2, -0.15) is 0 Å². The summed E-state index contributed by atoms with van der Waals surface area (Å²) in [5, 5.41) is 12.8. The first-order valence-corrected chi connectivity index (χ1v) is 10.3. The van der Waals surface area contributed by atoms with Gasteiger partial charge in [0, 0.05) is 5.92 Å². The van der Waals surface area contributed by atoms with Gasteiger partial charge in [0.05, 0.1) is 37.9 Å². The highest BCUT2D eigenvalue weighted by Gasteiger charge is 2.37. The van der Waals surface area contributed by atoms with E-state index in [1.165, 1.54) is 30.6 Å². The molecule has 1 aliphatic carbocycles. The van der Waals surface area contributed by atoms with Crippen molar-refractivity contribution < 1.29 is 9.29 Å². The topological polar surface area (TPSA) is 51.3 Å². The number of quaternary nitrogens is 1. The number of benzene rings is 1. The van der Waals surface area contributed by atoms with Crippen molar-refractivity contribution in [3.63, 3.8) is 0 Å². The molecule has 4 rings (SSSR count). The van der Waals surface area contributed by atoms with Crippen LogP contribution in [0.15, 0.2) is 24.3 Å². The van der Waals surface area contributed by atoms with Crippen molar-refractivity contribution in [2.75, 3.05) is 31.1 Å². The van der Waals surface area contributed by atoms with Crippen molar-refractivity contribution in [1.29, 1.82) is 0 Å². The van der Waals surface area contributed by atoms with Gasteiger partial charge in [-0.05, 0) is 35.4 Å². The molecule has 27 heavy (non-hydrogen) atoms. The van der Waals surface area contributed by atoms with E-state index < -0.39 is 0 Å². The smallest absolute Gasteiger partial charge is 0.209 e. The minimum absolute atomic E-state index is 0.133. The van der Waals surface area contributed by atoms with Crippen molar-refractivity contribution >= 4 is 5.69 Å². The first-order valence-electron chi connectivity index (χ1n) is 10.3. The van der Waals surface area contributed by atoms with Crippen molar-refractivity contribution in [2.45, 2.75) is 51.6 Å². The predicted octanol–water partition coefficient (Wildman–Crippen LogP) is 2.03. The van der Waals surface area contributed by atoms with Crippen LogP contribution in [0, 0.1) is 11.7 Å². The van der Waals surface area contributed by atoms with Crippen molar-refractivity contribution in [3.8, 4) is 0 Å². The van der Waals surface area contributed by atoms with E-state index >= 15 is 0 Å². The predicted molar refractivity (Wildman–Crippen MR) is 102 cm³/mol. The van der Waals surface area contributed by atoms with Gasteiger partial charge < -0.3 is 9.80 Å². The zero-order valence-corrected chi connectivity index (χ0v) is 16.3. The van der Waals surface area contributed by atoms with Crippen LogP contribution in [0.5, 0.6) is 0 Å². The highest BCUT2D eigenvalue weighted by atomic mass is 19.1. The first kappa shape index (κ1) is 18.3. The van der Waals surface area contributed by atoms with Crippen LogP contribution in [0.2, 0.25) is 0 Å². The van der Waals surface area contributed by atoms with Crippen LogP contribution in [-0.2, 0) is 0 Å². The van der Waals surface area contributed by atoms with Crippen molar-refractivity contribution in [3.05, 3.63) is 35.9 Å². The molecule has 2 aromatic rings. The second-order valence-electron chi connectivity index (χ2n) is 8.24. The Morgan fingerprint density at radius 1 is 1.11 bits per heavy atom. The summed E-state index contributed by atoms with van der Waals surface area (Å²) in [5.74, 6) is 1.35. The molecule has 0 bridgehead atoms. The molecule has 7 heteroatoms. The third-order valence-electron chi connectivity index (χ3n) is 6.17. The Morgan fingerprint density at radius 3 is 2.48 bits per heavy atom. The van der Waals surface area contributed by atoms with Crippen LogP contribution < -0.4 is 9.80 Å². The second kappa shape index (κ2) is 7.92. The van der Waals surface area contributed by atoms with Gasteiger partial charge in [-0.15, -0.1) is 5.10 Å². The van der Waals surface area contributed by atoms with Crippen LogP contribution >= 0.6 is 0 Å². The Kier molecular flexibility index (Phi) is 5.38. The molecule has 146 valence electrons. The third kappa shape index (κ3) is 3.70. The van der Waals surface area contributed by atoms with Crippen LogP contribution in [0.25, 0.3) is 0 Å². The van der Waals surface area contributed by atoms with E-state index in [4.69, 9.17) is 0 Å². The average Bonchev–Trinajstić information content (AvgIpc) is 3.34. The van der Waals surface area contributed by atoms with Gasteiger partial charge in [-0.25, -0.2) is 9.07 Å². The average molecular weight is 374 g/mol. The van der Waals surface area contributed by atoms with E-state index in [9.17, 15) is 4.39 Å². The van der Waals surface area contributed by atoms with Gasteiger partial charge in [-0.1, -0.05) is 38.8 Å². The number of hydrogen-bond acceptors (Lipinski definition) is 4. The minimum atomic E-state index is -0.133.